The smallest absolute Gasteiger partial charge is 0.245 e. The average Bonchev–Trinajstić information content (AvgIpc) is 2.65. The van der Waals surface area contributed by atoms with Crippen LogP contribution < -0.4 is 15.4 Å². The first kappa shape index (κ1) is 19.2. The molecule has 1 aromatic heterocycles. The molecule has 0 saturated carbocycles. The van der Waals surface area contributed by atoms with E-state index in [1.165, 1.54) is 36.5 Å². The quantitative estimate of drug-likeness (QED) is 0.808. The first-order valence-electron chi connectivity index (χ1n) is 8.41. The van der Waals surface area contributed by atoms with Gasteiger partial charge in [0.2, 0.25) is 11.8 Å². The Morgan fingerprint density at radius 2 is 1.85 bits per heavy atom. The highest BCUT2D eigenvalue weighted by Crippen LogP contribution is 2.29. The van der Waals surface area contributed by atoms with Crippen molar-refractivity contribution in [1.82, 2.24) is 10.3 Å². The van der Waals surface area contributed by atoms with Crippen LogP contribution in [-0.4, -0.2) is 43.4 Å². The summed E-state index contributed by atoms with van der Waals surface area (Å²) in [6, 6.07) is 8.59. The molecule has 0 bridgehead atoms. The summed E-state index contributed by atoms with van der Waals surface area (Å²) in [5.41, 5.74) is 0.369. The molecule has 0 spiro atoms. The molecule has 1 aromatic carbocycles. The van der Waals surface area contributed by atoms with E-state index in [2.05, 4.69) is 15.6 Å². The zero-order valence-electron chi connectivity index (χ0n) is 14.7. The van der Waals surface area contributed by atoms with E-state index in [0.717, 1.165) is 6.26 Å². The molecule has 0 radical (unpaired) electrons. The van der Waals surface area contributed by atoms with Crippen LogP contribution in [0.1, 0.15) is 12.8 Å². The van der Waals surface area contributed by atoms with Gasteiger partial charge in [0.15, 0.2) is 14.6 Å². The van der Waals surface area contributed by atoms with Gasteiger partial charge >= 0.3 is 0 Å². The number of carbonyl (C=O) groups excluding carboxylic acids is 1. The molecule has 27 heavy (non-hydrogen) atoms. The minimum absolute atomic E-state index is 0.219. The maximum Gasteiger partial charge on any atom is 0.245 e. The Morgan fingerprint density at radius 1 is 1.19 bits per heavy atom. The van der Waals surface area contributed by atoms with Crippen molar-refractivity contribution < 1.29 is 22.3 Å². The number of pyridine rings is 1. The molecular formula is C18H20FN3O4S. The molecule has 1 aliphatic rings. The second-order valence-electron chi connectivity index (χ2n) is 6.41. The third-order valence-electron chi connectivity index (χ3n) is 4.57. The van der Waals surface area contributed by atoms with Gasteiger partial charge in [-0.2, -0.15) is 0 Å². The molecule has 0 atom stereocenters. The van der Waals surface area contributed by atoms with Gasteiger partial charge in [-0.25, -0.2) is 17.8 Å². The van der Waals surface area contributed by atoms with Crippen LogP contribution in [0.2, 0.25) is 0 Å². The minimum Gasteiger partial charge on any atom is -0.439 e. The summed E-state index contributed by atoms with van der Waals surface area (Å²) in [6.45, 7) is 0.923. The SMILES string of the molecule is CS(=O)(=O)C1(C(=O)Nc2ccc(Oc3ccc(F)cc3)nc2)CCNCC1. The minimum atomic E-state index is -3.59. The predicted octanol–water partition coefficient (Wildman–Crippen LogP) is 2.12. The molecule has 0 aliphatic carbocycles. The van der Waals surface area contributed by atoms with Crippen LogP contribution in [0.4, 0.5) is 10.1 Å². The molecule has 3 rings (SSSR count). The molecule has 2 aromatic rings. The van der Waals surface area contributed by atoms with Gasteiger partial charge in [0.05, 0.1) is 11.9 Å². The normalized spacial score (nSPS) is 16.5. The summed E-state index contributed by atoms with van der Waals surface area (Å²) >= 11 is 0. The number of aromatic nitrogens is 1. The molecule has 1 fully saturated rings. The molecule has 2 N–H and O–H groups in total. The van der Waals surface area contributed by atoms with Crippen molar-refractivity contribution in [3.05, 3.63) is 48.4 Å². The van der Waals surface area contributed by atoms with E-state index in [1.807, 2.05) is 0 Å². The van der Waals surface area contributed by atoms with Crippen molar-refractivity contribution in [2.24, 2.45) is 0 Å². The number of halogens is 1. The second-order valence-corrected chi connectivity index (χ2v) is 8.74. The van der Waals surface area contributed by atoms with Gasteiger partial charge in [0.1, 0.15) is 11.6 Å². The number of carbonyl (C=O) groups is 1. The topological polar surface area (TPSA) is 97.4 Å². The first-order valence-corrected chi connectivity index (χ1v) is 10.3. The summed E-state index contributed by atoms with van der Waals surface area (Å²) in [5, 5.41) is 5.71. The number of anilines is 1. The summed E-state index contributed by atoms with van der Waals surface area (Å²) < 4.78 is 41.5. The van der Waals surface area contributed by atoms with Crippen LogP contribution in [0.25, 0.3) is 0 Å². The zero-order chi connectivity index (χ0) is 19.5. The van der Waals surface area contributed by atoms with Crippen LogP contribution in [-0.2, 0) is 14.6 Å². The van der Waals surface area contributed by atoms with Crippen molar-refractivity contribution in [1.29, 1.82) is 0 Å². The van der Waals surface area contributed by atoms with Gasteiger partial charge < -0.3 is 15.4 Å². The Kier molecular flexibility index (Phi) is 5.43. The van der Waals surface area contributed by atoms with Crippen LogP contribution in [0.15, 0.2) is 42.6 Å². The lowest BCUT2D eigenvalue weighted by molar-refractivity contribution is -0.119. The number of ether oxygens (including phenoxy) is 1. The third kappa shape index (κ3) is 4.25. The van der Waals surface area contributed by atoms with Crippen LogP contribution >= 0.6 is 0 Å². The van der Waals surface area contributed by atoms with Gasteiger partial charge in [-0.1, -0.05) is 0 Å². The largest absolute Gasteiger partial charge is 0.439 e. The number of amides is 1. The van der Waals surface area contributed by atoms with E-state index < -0.39 is 20.5 Å². The summed E-state index contributed by atoms with van der Waals surface area (Å²) in [5.74, 6) is -0.239. The molecule has 144 valence electrons. The molecule has 1 saturated heterocycles. The van der Waals surface area contributed by atoms with Gasteiger partial charge in [-0.15, -0.1) is 0 Å². The molecule has 1 amide bonds. The second kappa shape index (κ2) is 7.61. The molecular weight excluding hydrogens is 373 g/mol. The van der Waals surface area contributed by atoms with Crippen molar-refractivity contribution in [2.45, 2.75) is 17.6 Å². The van der Waals surface area contributed by atoms with E-state index in [4.69, 9.17) is 4.74 Å². The van der Waals surface area contributed by atoms with E-state index in [9.17, 15) is 17.6 Å². The van der Waals surface area contributed by atoms with Crippen LogP contribution in [0.5, 0.6) is 11.6 Å². The summed E-state index contributed by atoms with van der Waals surface area (Å²) in [6.07, 6.45) is 2.91. The van der Waals surface area contributed by atoms with Crippen molar-refractivity contribution in [3.63, 3.8) is 0 Å². The lowest BCUT2D eigenvalue weighted by atomic mass is 9.96. The number of rotatable bonds is 5. The fourth-order valence-corrected chi connectivity index (χ4v) is 4.31. The number of piperidine rings is 1. The van der Waals surface area contributed by atoms with Crippen LogP contribution in [0.3, 0.4) is 0 Å². The number of sulfone groups is 1. The van der Waals surface area contributed by atoms with E-state index in [-0.39, 0.29) is 24.5 Å². The maximum absolute atomic E-state index is 12.9. The molecule has 2 heterocycles. The van der Waals surface area contributed by atoms with Crippen molar-refractivity contribution in [3.8, 4) is 11.6 Å². The Labute approximate surface area is 156 Å². The Balaban J connectivity index is 1.71. The standard InChI is InChI=1S/C18H20FN3O4S/c1-27(24,25)18(8-10-20-11-9-18)17(23)22-14-4-7-16(21-12-14)26-15-5-2-13(19)3-6-15/h2-7,12,20H,8-11H2,1H3,(H,22,23). The van der Waals surface area contributed by atoms with E-state index in [1.54, 1.807) is 6.07 Å². The van der Waals surface area contributed by atoms with E-state index in [0.29, 0.717) is 24.5 Å². The Hall–Kier alpha value is -2.52. The highest BCUT2D eigenvalue weighted by Gasteiger charge is 2.48. The number of nitrogens with zero attached hydrogens (tertiary/aromatic N) is 1. The molecule has 7 nitrogen and oxygen atoms in total. The lowest BCUT2D eigenvalue weighted by Crippen LogP contribution is -2.55. The Morgan fingerprint density at radius 3 is 2.41 bits per heavy atom. The molecule has 0 unspecified atom stereocenters. The third-order valence-corrected chi connectivity index (χ3v) is 6.58. The highest BCUT2D eigenvalue weighted by molar-refractivity contribution is 7.92. The molecule has 9 heteroatoms. The zero-order valence-corrected chi connectivity index (χ0v) is 15.6. The van der Waals surface area contributed by atoms with Gasteiger partial charge in [-0.3, -0.25) is 4.79 Å². The van der Waals surface area contributed by atoms with Gasteiger partial charge in [-0.05, 0) is 56.3 Å². The summed E-state index contributed by atoms with van der Waals surface area (Å²) in [7, 11) is -3.59. The van der Waals surface area contributed by atoms with Gasteiger partial charge in [0.25, 0.3) is 0 Å². The monoisotopic (exact) mass is 393 g/mol. The average molecular weight is 393 g/mol. The maximum atomic E-state index is 12.9. The number of hydrogen-bond acceptors (Lipinski definition) is 6. The first-order chi connectivity index (χ1) is 12.8. The van der Waals surface area contributed by atoms with E-state index >= 15 is 0 Å². The van der Waals surface area contributed by atoms with Crippen molar-refractivity contribution >= 4 is 21.4 Å². The predicted molar refractivity (Wildman–Crippen MR) is 99.0 cm³/mol. The number of benzene rings is 1. The Bertz CT molecular complexity index is 909. The molecule has 1 aliphatic heterocycles. The highest BCUT2D eigenvalue weighted by atomic mass is 32.2. The van der Waals surface area contributed by atoms with Crippen molar-refractivity contribution in [2.75, 3.05) is 24.7 Å². The summed E-state index contributed by atoms with van der Waals surface area (Å²) in [4.78, 5) is 16.8. The van der Waals surface area contributed by atoms with Gasteiger partial charge in [0, 0.05) is 12.3 Å². The van der Waals surface area contributed by atoms with Crippen LogP contribution in [0, 0.1) is 5.82 Å². The lowest BCUT2D eigenvalue weighted by Gasteiger charge is -2.34. The fourth-order valence-electron chi connectivity index (χ4n) is 2.98. The number of hydrogen-bond donors (Lipinski definition) is 2. The fraction of sp³-hybridized carbons (Fsp3) is 0.333. The number of nitrogens with one attached hydrogen (secondary N) is 2.